The topological polar surface area (TPSA) is 95.1 Å². The van der Waals surface area contributed by atoms with Crippen LogP contribution in [0.3, 0.4) is 0 Å². The summed E-state index contributed by atoms with van der Waals surface area (Å²) in [5.41, 5.74) is -0.507. The van der Waals surface area contributed by atoms with Crippen molar-refractivity contribution in [2.75, 3.05) is 33.7 Å². The number of aliphatic imine (C=N–C) groups is 1. The molecule has 1 rings (SSSR count). The van der Waals surface area contributed by atoms with E-state index >= 15 is 0 Å². The minimum atomic E-state index is -0.507. The van der Waals surface area contributed by atoms with Gasteiger partial charge in [0.1, 0.15) is 12.1 Å². The van der Waals surface area contributed by atoms with Crippen LogP contribution in [0.2, 0.25) is 0 Å². The summed E-state index contributed by atoms with van der Waals surface area (Å²) in [6, 6.07) is 4.02. The molecule has 0 aliphatic rings. The Hall–Kier alpha value is -2.29. The summed E-state index contributed by atoms with van der Waals surface area (Å²) < 4.78 is 5.19. The SMILES string of the molecule is CN(C)C(=O)CN=C(NCCCNC(=O)OC(C)(C)C)NCc1cccs1. The van der Waals surface area contributed by atoms with Crippen molar-refractivity contribution in [3.8, 4) is 0 Å². The number of thiophene rings is 1. The molecule has 8 nitrogen and oxygen atoms in total. The minimum Gasteiger partial charge on any atom is -0.444 e. The van der Waals surface area contributed by atoms with Gasteiger partial charge in [0, 0.05) is 32.1 Å². The Morgan fingerprint density at radius 3 is 2.48 bits per heavy atom. The molecule has 0 unspecified atom stereocenters. The minimum absolute atomic E-state index is 0.0705. The zero-order valence-electron chi connectivity index (χ0n) is 16.8. The Morgan fingerprint density at radius 1 is 1.19 bits per heavy atom. The lowest BCUT2D eigenvalue weighted by atomic mass is 10.2. The van der Waals surface area contributed by atoms with E-state index in [0.29, 0.717) is 32.0 Å². The van der Waals surface area contributed by atoms with Crippen LogP contribution < -0.4 is 16.0 Å². The van der Waals surface area contributed by atoms with Crippen LogP contribution in [0.25, 0.3) is 0 Å². The van der Waals surface area contributed by atoms with Gasteiger partial charge in [-0.05, 0) is 38.6 Å². The van der Waals surface area contributed by atoms with Gasteiger partial charge >= 0.3 is 6.09 Å². The predicted octanol–water partition coefficient (Wildman–Crippen LogP) is 1.79. The second-order valence-electron chi connectivity index (χ2n) is 7.09. The maximum atomic E-state index is 11.7. The first kappa shape index (κ1) is 22.8. The molecule has 1 aromatic heterocycles. The fraction of sp³-hybridized carbons (Fsp3) is 0.611. The average molecular weight is 398 g/mol. The second kappa shape index (κ2) is 11.4. The number of hydrogen-bond donors (Lipinski definition) is 3. The molecule has 1 aromatic rings. The maximum absolute atomic E-state index is 11.7. The molecule has 0 saturated heterocycles. The van der Waals surface area contributed by atoms with Crippen molar-refractivity contribution >= 4 is 29.3 Å². The normalized spacial score (nSPS) is 11.7. The Balaban J connectivity index is 2.40. The molecule has 0 radical (unpaired) electrons. The van der Waals surface area contributed by atoms with E-state index in [1.807, 2.05) is 38.3 Å². The van der Waals surface area contributed by atoms with Crippen LogP contribution in [-0.4, -0.2) is 62.2 Å². The predicted molar refractivity (Wildman–Crippen MR) is 109 cm³/mol. The van der Waals surface area contributed by atoms with Crippen molar-refractivity contribution in [3.63, 3.8) is 0 Å². The van der Waals surface area contributed by atoms with E-state index in [9.17, 15) is 9.59 Å². The number of ether oxygens (including phenoxy) is 1. The monoisotopic (exact) mass is 397 g/mol. The van der Waals surface area contributed by atoms with Gasteiger partial charge in [0.15, 0.2) is 5.96 Å². The van der Waals surface area contributed by atoms with E-state index in [1.54, 1.807) is 25.4 Å². The van der Waals surface area contributed by atoms with E-state index < -0.39 is 11.7 Å². The number of amides is 2. The lowest BCUT2D eigenvalue weighted by Gasteiger charge is -2.19. The van der Waals surface area contributed by atoms with Gasteiger partial charge in [-0.1, -0.05) is 6.07 Å². The highest BCUT2D eigenvalue weighted by molar-refractivity contribution is 7.09. The van der Waals surface area contributed by atoms with Crippen LogP contribution in [-0.2, 0) is 16.1 Å². The first-order valence-corrected chi connectivity index (χ1v) is 9.77. The Kier molecular flexibility index (Phi) is 9.63. The summed E-state index contributed by atoms with van der Waals surface area (Å²) in [4.78, 5) is 30.4. The number of rotatable bonds is 8. The number of alkyl carbamates (subject to hydrolysis) is 1. The molecule has 152 valence electrons. The van der Waals surface area contributed by atoms with E-state index in [0.717, 1.165) is 0 Å². The molecule has 0 spiro atoms. The van der Waals surface area contributed by atoms with Gasteiger partial charge in [-0.2, -0.15) is 0 Å². The van der Waals surface area contributed by atoms with Crippen molar-refractivity contribution in [2.45, 2.75) is 39.3 Å². The van der Waals surface area contributed by atoms with Crippen molar-refractivity contribution in [2.24, 2.45) is 4.99 Å². The summed E-state index contributed by atoms with van der Waals surface area (Å²) in [7, 11) is 3.40. The highest BCUT2D eigenvalue weighted by Gasteiger charge is 2.15. The van der Waals surface area contributed by atoms with Gasteiger partial charge in [-0.3, -0.25) is 4.79 Å². The molecule has 3 N–H and O–H groups in total. The van der Waals surface area contributed by atoms with Crippen LogP contribution in [0.4, 0.5) is 4.79 Å². The Labute approximate surface area is 165 Å². The van der Waals surface area contributed by atoms with Gasteiger partial charge in [0.2, 0.25) is 5.91 Å². The number of carbonyl (C=O) groups excluding carboxylic acids is 2. The van der Waals surface area contributed by atoms with E-state index in [4.69, 9.17) is 4.74 Å². The molecule has 0 atom stereocenters. The van der Waals surface area contributed by atoms with Gasteiger partial charge in [0.05, 0.1) is 6.54 Å². The molecule has 0 fully saturated rings. The van der Waals surface area contributed by atoms with Crippen LogP contribution in [0.15, 0.2) is 22.5 Å². The highest BCUT2D eigenvalue weighted by Crippen LogP contribution is 2.07. The number of nitrogens with one attached hydrogen (secondary N) is 3. The fourth-order valence-corrected chi connectivity index (χ4v) is 2.49. The number of nitrogens with zero attached hydrogens (tertiary/aromatic N) is 2. The summed E-state index contributed by atoms with van der Waals surface area (Å²) in [5, 5.41) is 11.1. The van der Waals surface area contributed by atoms with E-state index in [2.05, 4.69) is 20.9 Å². The molecule has 1 heterocycles. The average Bonchev–Trinajstić information content (AvgIpc) is 3.07. The lowest BCUT2D eigenvalue weighted by Crippen LogP contribution is -2.39. The van der Waals surface area contributed by atoms with Crippen molar-refractivity contribution in [3.05, 3.63) is 22.4 Å². The largest absolute Gasteiger partial charge is 0.444 e. The second-order valence-corrected chi connectivity index (χ2v) is 8.13. The van der Waals surface area contributed by atoms with E-state index in [1.165, 1.54) is 9.78 Å². The molecule has 27 heavy (non-hydrogen) atoms. The standard InChI is InChI=1S/C18H31N5O3S/c1-18(2,3)26-17(25)20-10-7-9-19-16(22-13-15(24)23(4)5)21-12-14-8-6-11-27-14/h6,8,11H,7,9-10,12-13H2,1-5H3,(H,20,25)(H2,19,21,22). The van der Waals surface area contributed by atoms with Gasteiger partial charge < -0.3 is 25.6 Å². The molecule has 0 saturated carbocycles. The fourth-order valence-electron chi connectivity index (χ4n) is 1.85. The summed E-state index contributed by atoms with van der Waals surface area (Å²) >= 11 is 1.65. The van der Waals surface area contributed by atoms with Gasteiger partial charge in [-0.25, -0.2) is 9.79 Å². The summed E-state index contributed by atoms with van der Waals surface area (Å²) in [6.45, 7) is 7.26. The van der Waals surface area contributed by atoms with Gasteiger partial charge in [-0.15, -0.1) is 11.3 Å². The third-order valence-corrected chi connectivity index (χ3v) is 4.07. The quantitative estimate of drug-likeness (QED) is 0.353. The third-order valence-electron chi connectivity index (χ3n) is 3.20. The zero-order valence-corrected chi connectivity index (χ0v) is 17.6. The highest BCUT2D eigenvalue weighted by atomic mass is 32.1. The number of likely N-dealkylation sites (N-methyl/N-ethyl adjacent to an activating group) is 1. The third kappa shape index (κ3) is 11.1. The molecule has 9 heteroatoms. The smallest absolute Gasteiger partial charge is 0.407 e. The van der Waals surface area contributed by atoms with Crippen molar-refractivity contribution < 1.29 is 14.3 Å². The maximum Gasteiger partial charge on any atom is 0.407 e. The van der Waals surface area contributed by atoms with E-state index in [-0.39, 0.29) is 12.5 Å². The molecule has 2 amide bonds. The molecular weight excluding hydrogens is 366 g/mol. The molecule has 0 aliphatic heterocycles. The number of carbonyl (C=O) groups is 2. The van der Waals surface area contributed by atoms with Gasteiger partial charge in [0.25, 0.3) is 0 Å². The first-order chi connectivity index (χ1) is 12.7. The first-order valence-electron chi connectivity index (χ1n) is 8.89. The number of guanidine groups is 1. The van der Waals surface area contributed by atoms with Crippen LogP contribution in [0.5, 0.6) is 0 Å². The molecular formula is C18H31N5O3S. The molecule has 0 aromatic carbocycles. The zero-order chi connectivity index (χ0) is 20.3. The lowest BCUT2D eigenvalue weighted by molar-refractivity contribution is -0.127. The summed E-state index contributed by atoms with van der Waals surface area (Å²) in [5.74, 6) is 0.495. The van der Waals surface area contributed by atoms with Crippen molar-refractivity contribution in [1.29, 1.82) is 0 Å². The Morgan fingerprint density at radius 2 is 1.89 bits per heavy atom. The van der Waals surface area contributed by atoms with Crippen LogP contribution >= 0.6 is 11.3 Å². The molecule has 0 aliphatic carbocycles. The Bertz CT molecular complexity index is 609. The summed E-state index contributed by atoms with van der Waals surface area (Å²) in [6.07, 6.45) is 0.268. The van der Waals surface area contributed by atoms with Crippen LogP contribution in [0.1, 0.15) is 32.1 Å². The number of hydrogen-bond acceptors (Lipinski definition) is 5. The van der Waals surface area contributed by atoms with Crippen LogP contribution in [0, 0.1) is 0 Å². The molecule has 0 bridgehead atoms. The van der Waals surface area contributed by atoms with Crippen molar-refractivity contribution in [1.82, 2.24) is 20.9 Å².